The molecule has 0 saturated heterocycles. The minimum atomic E-state index is -0.447. The third kappa shape index (κ3) is 2.91. The van der Waals surface area contributed by atoms with Crippen LogP contribution in [-0.4, -0.2) is 22.4 Å². The number of nitro benzene ring substituents is 1. The number of anilines is 1. The van der Waals surface area contributed by atoms with E-state index in [2.05, 4.69) is 4.98 Å². The number of fused-ring (bicyclic) bond motifs is 1. The number of hydrogen-bond donors (Lipinski definition) is 0. The second-order valence-electron chi connectivity index (χ2n) is 5.66. The smallest absolute Gasteiger partial charge is 0.271 e. The molecule has 1 aliphatic rings. The number of benzene rings is 1. The molecule has 8 heteroatoms. The molecule has 3 aromatic rings. The topological polar surface area (TPSA) is 89.5 Å². The first-order valence-electron chi connectivity index (χ1n) is 7.68. The number of non-ortho nitro benzene ring substituents is 1. The maximum absolute atomic E-state index is 12.7. The van der Waals surface area contributed by atoms with Crippen LogP contribution in [0.1, 0.15) is 11.3 Å². The average molecular weight is 355 g/mol. The Balaban J connectivity index is 1.54. The summed E-state index contributed by atoms with van der Waals surface area (Å²) in [5, 5.41) is 13.5. The molecule has 25 heavy (non-hydrogen) atoms. The van der Waals surface area contributed by atoms with Crippen molar-refractivity contribution in [2.75, 3.05) is 11.4 Å². The quantitative estimate of drug-likeness (QED) is 0.528. The number of amides is 1. The minimum absolute atomic E-state index is 0.00721. The second kappa shape index (κ2) is 6.14. The molecule has 1 aliphatic heterocycles. The predicted molar refractivity (Wildman–Crippen MR) is 92.7 cm³/mol. The number of thiazole rings is 1. The summed E-state index contributed by atoms with van der Waals surface area (Å²) in [6.45, 7) is 0.532. The number of rotatable bonds is 4. The highest BCUT2D eigenvalue weighted by atomic mass is 32.1. The number of hydrogen-bond acceptors (Lipinski definition) is 6. The first-order valence-corrected chi connectivity index (χ1v) is 8.56. The molecule has 3 heterocycles. The molecule has 0 N–H and O–H groups in total. The number of nitro groups is 1. The van der Waals surface area contributed by atoms with Crippen molar-refractivity contribution in [3.63, 3.8) is 0 Å². The molecule has 126 valence electrons. The lowest BCUT2D eigenvalue weighted by molar-refractivity contribution is -0.384. The molecule has 2 aromatic heterocycles. The van der Waals surface area contributed by atoms with Gasteiger partial charge in [0.25, 0.3) is 5.69 Å². The highest BCUT2D eigenvalue weighted by Gasteiger charge is 2.27. The van der Waals surface area contributed by atoms with Gasteiger partial charge in [0, 0.05) is 24.1 Å². The Hall–Kier alpha value is -3.00. The molecule has 7 nitrogen and oxygen atoms in total. The first-order chi connectivity index (χ1) is 12.1. The molecule has 0 fully saturated rings. The zero-order valence-corrected chi connectivity index (χ0v) is 13.9. The lowest BCUT2D eigenvalue weighted by Gasteiger charge is -2.16. The Morgan fingerprint density at radius 2 is 2.28 bits per heavy atom. The van der Waals surface area contributed by atoms with Crippen molar-refractivity contribution >= 4 is 28.6 Å². The molecular weight excluding hydrogens is 342 g/mol. The molecule has 4 rings (SSSR count). The number of furan rings is 1. The molecule has 1 amide bonds. The Kier molecular flexibility index (Phi) is 3.81. The highest BCUT2D eigenvalue weighted by Crippen LogP contribution is 2.32. The van der Waals surface area contributed by atoms with E-state index in [-0.39, 0.29) is 18.0 Å². The van der Waals surface area contributed by atoms with Gasteiger partial charge in [-0.2, -0.15) is 0 Å². The van der Waals surface area contributed by atoms with E-state index >= 15 is 0 Å². The molecule has 1 aromatic carbocycles. The van der Waals surface area contributed by atoms with Gasteiger partial charge < -0.3 is 9.32 Å². The van der Waals surface area contributed by atoms with Crippen LogP contribution in [0, 0.1) is 10.1 Å². The van der Waals surface area contributed by atoms with Crippen LogP contribution in [-0.2, 0) is 17.6 Å². The van der Waals surface area contributed by atoms with E-state index in [9.17, 15) is 14.9 Å². The van der Waals surface area contributed by atoms with Gasteiger partial charge >= 0.3 is 0 Å². The van der Waals surface area contributed by atoms with Crippen molar-refractivity contribution in [2.45, 2.75) is 12.8 Å². The standard InChI is InChI=1S/C17H13N3O4S/c21-16(8-12-10-25-17(18-12)15-2-1-7-24-15)19-6-5-11-3-4-13(20(22)23)9-14(11)19/h1-4,7,9-10H,5-6,8H2. The first kappa shape index (κ1) is 15.5. The summed E-state index contributed by atoms with van der Waals surface area (Å²) < 4.78 is 5.31. The van der Waals surface area contributed by atoms with Crippen LogP contribution in [0.3, 0.4) is 0 Å². The van der Waals surface area contributed by atoms with Gasteiger partial charge in [-0.15, -0.1) is 11.3 Å². The van der Waals surface area contributed by atoms with E-state index in [1.54, 1.807) is 23.3 Å². The lowest BCUT2D eigenvalue weighted by Crippen LogP contribution is -2.30. The van der Waals surface area contributed by atoms with Gasteiger partial charge in [-0.05, 0) is 24.1 Å². The summed E-state index contributed by atoms with van der Waals surface area (Å²) >= 11 is 1.42. The summed E-state index contributed by atoms with van der Waals surface area (Å²) in [6.07, 6.45) is 2.43. The van der Waals surface area contributed by atoms with Crippen molar-refractivity contribution < 1.29 is 14.1 Å². The molecule has 0 atom stereocenters. The van der Waals surface area contributed by atoms with Gasteiger partial charge in [0.15, 0.2) is 10.8 Å². The second-order valence-corrected chi connectivity index (χ2v) is 6.52. The molecule has 0 bridgehead atoms. The number of aromatic nitrogens is 1. The Morgan fingerprint density at radius 1 is 1.40 bits per heavy atom. The monoisotopic (exact) mass is 355 g/mol. The van der Waals surface area contributed by atoms with E-state index < -0.39 is 4.92 Å². The van der Waals surface area contributed by atoms with Crippen LogP contribution in [0.15, 0.2) is 46.4 Å². The van der Waals surface area contributed by atoms with Crippen LogP contribution in [0.25, 0.3) is 10.8 Å². The van der Waals surface area contributed by atoms with Crippen molar-refractivity contribution in [3.8, 4) is 10.8 Å². The summed E-state index contributed by atoms with van der Waals surface area (Å²) in [6, 6.07) is 8.27. The largest absolute Gasteiger partial charge is 0.462 e. The van der Waals surface area contributed by atoms with Crippen LogP contribution in [0.4, 0.5) is 11.4 Å². The molecule has 0 unspecified atom stereocenters. The van der Waals surface area contributed by atoms with Crippen molar-refractivity contribution in [2.24, 2.45) is 0 Å². The minimum Gasteiger partial charge on any atom is -0.462 e. The van der Waals surface area contributed by atoms with Gasteiger partial charge in [-0.25, -0.2) is 4.98 Å². The summed E-state index contributed by atoms with van der Waals surface area (Å²) in [7, 11) is 0. The fourth-order valence-electron chi connectivity index (χ4n) is 2.89. The zero-order valence-electron chi connectivity index (χ0n) is 13.0. The molecule has 0 radical (unpaired) electrons. The number of carbonyl (C=O) groups excluding carboxylic acids is 1. The SMILES string of the molecule is O=C(Cc1csc(-c2ccco2)n1)N1CCc2ccc([N+](=O)[O-])cc21. The predicted octanol–water partition coefficient (Wildman–Crippen LogP) is 3.44. The normalized spacial score (nSPS) is 13.0. The van der Waals surface area contributed by atoms with Crippen LogP contribution in [0.2, 0.25) is 0 Å². The van der Waals surface area contributed by atoms with Gasteiger partial charge in [-0.1, -0.05) is 6.07 Å². The van der Waals surface area contributed by atoms with Gasteiger partial charge in [0.1, 0.15) is 0 Å². The molecule has 0 saturated carbocycles. The Labute approximate surface area is 146 Å². The average Bonchev–Trinajstić information content (AvgIpc) is 3.33. The van der Waals surface area contributed by atoms with E-state index in [4.69, 9.17) is 4.42 Å². The molecule has 0 spiro atoms. The third-order valence-electron chi connectivity index (χ3n) is 4.09. The highest BCUT2D eigenvalue weighted by molar-refractivity contribution is 7.13. The lowest BCUT2D eigenvalue weighted by atomic mass is 10.1. The Morgan fingerprint density at radius 3 is 3.04 bits per heavy atom. The van der Waals surface area contributed by atoms with Crippen molar-refractivity contribution in [1.29, 1.82) is 0 Å². The van der Waals surface area contributed by atoms with E-state index in [0.717, 1.165) is 10.6 Å². The van der Waals surface area contributed by atoms with Crippen LogP contribution < -0.4 is 4.90 Å². The van der Waals surface area contributed by atoms with E-state index in [1.807, 2.05) is 11.4 Å². The van der Waals surface area contributed by atoms with Gasteiger partial charge in [-0.3, -0.25) is 14.9 Å². The van der Waals surface area contributed by atoms with Crippen molar-refractivity contribution in [3.05, 3.63) is 63.3 Å². The molecular formula is C17H13N3O4S. The number of carbonyl (C=O) groups is 1. The van der Waals surface area contributed by atoms with Gasteiger partial charge in [0.2, 0.25) is 5.91 Å². The fraction of sp³-hybridized carbons (Fsp3) is 0.176. The van der Waals surface area contributed by atoms with Crippen LogP contribution in [0.5, 0.6) is 0 Å². The van der Waals surface area contributed by atoms with E-state index in [1.165, 1.54) is 23.5 Å². The fourth-order valence-corrected chi connectivity index (χ4v) is 3.68. The van der Waals surface area contributed by atoms with Crippen molar-refractivity contribution in [1.82, 2.24) is 4.98 Å². The van der Waals surface area contributed by atoms with Gasteiger partial charge in [0.05, 0.1) is 29.0 Å². The number of nitrogens with zero attached hydrogens (tertiary/aromatic N) is 3. The Bertz CT molecular complexity index is 949. The summed E-state index contributed by atoms with van der Waals surface area (Å²) in [4.78, 5) is 29.2. The summed E-state index contributed by atoms with van der Waals surface area (Å²) in [5.41, 5.74) is 2.24. The maximum Gasteiger partial charge on any atom is 0.271 e. The summed E-state index contributed by atoms with van der Waals surface area (Å²) in [5.74, 6) is 0.557. The van der Waals surface area contributed by atoms with E-state index in [0.29, 0.717) is 30.1 Å². The zero-order chi connectivity index (χ0) is 17.4. The molecule has 0 aliphatic carbocycles. The maximum atomic E-state index is 12.7. The van der Waals surface area contributed by atoms with Crippen LogP contribution >= 0.6 is 11.3 Å². The third-order valence-corrected chi connectivity index (χ3v) is 5.00.